The third-order valence-corrected chi connectivity index (χ3v) is 3.60. The standard InChI is InChI=1S/C16H26N2O2/c1-4-14(5-2)18(12-11-17)16(19)15(20-3)13-9-7-6-8-10-13/h6-10,14-15H,4-5,11-12,17H2,1-3H3. The number of rotatable bonds is 8. The zero-order valence-corrected chi connectivity index (χ0v) is 12.7. The van der Waals surface area contributed by atoms with Gasteiger partial charge in [0.25, 0.3) is 5.91 Å². The van der Waals surface area contributed by atoms with Gasteiger partial charge in [-0.15, -0.1) is 0 Å². The van der Waals surface area contributed by atoms with E-state index in [1.165, 1.54) is 0 Å². The highest BCUT2D eigenvalue weighted by Gasteiger charge is 2.28. The molecule has 0 saturated carbocycles. The first kappa shape index (κ1) is 16.7. The molecule has 0 fully saturated rings. The van der Waals surface area contributed by atoms with Gasteiger partial charge in [0, 0.05) is 26.2 Å². The van der Waals surface area contributed by atoms with E-state index in [2.05, 4.69) is 13.8 Å². The van der Waals surface area contributed by atoms with Crippen molar-refractivity contribution >= 4 is 5.91 Å². The Bertz CT molecular complexity index is 391. The number of benzene rings is 1. The van der Waals surface area contributed by atoms with Crippen molar-refractivity contribution < 1.29 is 9.53 Å². The quantitative estimate of drug-likeness (QED) is 0.794. The van der Waals surface area contributed by atoms with Crippen LogP contribution in [0.2, 0.25) is 0 Å². The predicted octanol–water partition coefficient (Wildman–Crippen LogP) is 2.35. The zero-order valence-electron chi connectivity index (χ0n) is 12.7. The minimum absolute atomic E-state index is 0.00199. The van der Waals surface area contributed by atoms with Crippen molar-refractivity contribution in [3.63, 3.8) is 0 Å². The minimum atomic E-state index is -0.552. The van der Waals surface area contributed by atoms with Crippen LogP contribution in [-0.4, -0.2) is 37.0 Å². The van der Waals surface area contributed by atoms with Crippen molar-refractivity contribution in [1.82, 2.24) is 4.90 Å². The van der Waals surface area contributed by atoms with Crippen LogP contribution < -0.4 is 5.73 Å². The van der Waals surface area contributed by atoms with Crippen molar-refractivity contribution in [2.45, 2.75) is 38.8 Å². The van der Waals surface area contributed by atoms with Gasteiger partial charge >= 0.3 is 0 Å². The van der Waals surface area contributed by atoms with Crippen LogP contribution in [0, 0.1) is 0 Å². The van der Waals surface area contributed by atoms with Crippen molar-refractivity contribution in [2.75, 3.05) is 20.2 Å². The number of hydrogen-bond acceptors (Lipinski definition) is 3. The molecule has 1 rings (SSSR count). The Morgan fingerprint density at radius 2 is 1.85 bits per heavy atom. The van der Waals surface area contributed by atoms with Gasteiger partial charge in [0.05, 0.1) is 0 Å². The molecule has 0 aliphatic carbocycles. The number of amides is 1. The molecule has 0 heterocycles. The molecule has 4 nitrogen and oxygen atoms in total. The normalized spacial score (nSPS) is 12.4. The highest BCUT2D eigenvalue weighted by atomic mass is 16.5. The summed E-state index contributed by atoms with van der Waals surface area (Å²) in [6.07, 6.45) is 1.30. The Morgan fingerprint density at radius 3 is 2.30 bits per heavy atom. The molecule has 2 N–H and O–H groups in total. The monoisotopic (exact) mass is 278 g/mol. The first-order chi connectivity index (χ1) is 9.69. The summed E-state index contributed by atoms with van der Waals surface area (Å²) in [4.78, 5) is 14.6. The van der Waals surface area contributed by atoms with Crippen LogP contribution in [0.4, 0.5) is 0 Å². The summed E-state index contributed by atoms with van der Waals surface area (Å²) < 4.78 is 5.43. The number of methoxy groups -OCH3 is 1. The molecule has 1 aromatic carbocycles. The highest BCUT2D eigenvalue weighted by Crippen LogP contribution is 2.21. The second-order valence-electron chi connectivity index (χ2n) is 4.82. The van der Waals surface area contributed by atoms with Gasteiger partial charge in [-0.05, 0) is 18.4 Å². The maximum Gasteiger partial charge on any atom is 0.256 e. The summed E-state index contributed by atoms with van der Waals surface area (Å²) in [5.74, 6) is -0.00199. The number of ether oxygens (including phenoxy) is 1. The molecule has 112 valence electrons. The maximum atomic E-state index is 12.8. The van der Waals surface area contributed by atoms with Gasteiger partial charge in [0.15, 0.2) is 6.10 Å². The second-order valence-corrected chi connectivity index (χ2v) is 4.82. The summed E-state index contributed by atoms with van der Waals surface area (Å²) >= 11 is 0. The molecule has 1 unspecified atom stereocenters. The van der Waals surface area contributed by atoms with Crippen LogP contribution in [0.15, 0.2) is 30.3 Å². The Hall–Kier alpha value is -1.39. The lowest BCUT2D eigenvalue weighted by molar-refractivity contribution is -0.145. The van der Waals surface area contributed by atoms with Crippen molar-refractivity contribution in [2.24, 2.45) is 5.73 Å². The van der Waals surface area contributed by atoms with E-state index in [0.29, 0.717) is 13.1 Å². The predicted molar refractivity (Wildman–Crippen MR) is 81.3 cm³/mol. The van der Waals surface area contributed by atoms with Crippen LogP contribution >= 0.6 is 0 Å². The molecule has 0 saturated heterocycles. The molecule has 0 bridgehead atoms. The van der Waals surface area contributed by atoms with E-state index in [4.69, 9.17) is 10.5 Å². The molecule has 0 aliphatic rings. The third-order valence-electron chi connectivity index (χ3n) is 3.60. The molecule has 20 heavy (non-hydrogen) atoms. The summed E-state index contributed by atoms with van der Waals surface area (Å²) in [6, 6.07) is 9.81. The van der Waals surface area contributed by atoms with E-state index < -0.39 is 6.10 Å². The van der Waals surface area contributed by atoms with Gasteiger partial charge < -0.3 is 15.4 Å². The van der Waals surface area contributed by atoms with Crippen LogP contribution in [0.5, 0.6) is 0 Å². The summed E-state index contributed by atoms with van der Waals surface area (Å²) in [6.45, 7) is 5.22. The number of nitrogens with two attached hydrogens (primary N) is 1. The van der Waals surface area contributed by atoms with Gasteiger partial charge in [-0.1, -0.05) is 44.2 Å². The van der Waals surface area contributed by atoms with Gasteiger partial charge in [0.2, 0.25) is 0 Å². The average Bonchev–Trinajstić information content (AvgIpc) is 2.49. The molecule has 4 heteroatoms. The van der Waals surface area contributed by atoms with Gasteiger partial charge in [0.1, 0.15) is 0 Å². The summed E-state index contributed by atoms with van der Waals surface area (Å²) in [7, 11) is 1.57. The topological polar surface area (TPSA) is 55.6 Å². The third kappa shape index (κ3) is 4.05. The van der Waals surface area contributed by atoms with E-state index >= 15 is 0 Å². The minimum Gasteiger partial charge on any atom is -0.367 e. The Morgan fingerprint density at radius 1 is 1.25 bits per heavy atom. The lowest BCUT2D eigenvalue weighted by atomic mass is 10.0. The Kier molecular flexibility index (Phi) is 7.26. The van der Waals surface area contributed by atoms with Crippen LogP contribution in [0.1, 0.15) is 38.4 Å². The first-order valence-corrected chi connectivity index (χ1v) is 7.27. The number of carbonyl (C=O) groups excluding carboxylic acids is 1. The fourth-order valence-electron chi connectivity index (χ4n) is 2.50. The van der Waals surface area contributed by atoms with Gasteiger partial charge in [-0.25, -0.2) is 0 Å². The summed E-state index contributed by atoms with van der Waals surface area (Å²) in [5, 5.41) is 0. The van der Waals surface area contributed by atoms with Gasteiger partial charge in [-0.2, -0.15) is 0 Å². The molecule has 1 amide bonds. The van der Waals surface area contributed by atoms with Crippen LogP contribution in [-0.2, 0) is 9.53 Å². The summed E-state index contributed by atoms with van der Waals surface area (Å²) in [5.41, 5.74) is 6.54. The molecular formula is C16H26N2O2. The number of carbonyl (C=O) groups is 1. The van der Waals surface area contributed by atoms with E-state index in [1.807, 2.05) is 35.2 Å². The number of hydrogen-bond donors (Lipinski definition) is 1. The van der Waals surface area contributed by atoms with Crippen molar-refractivity contribution in [3.8, 4) is 0 Å². The zero-order chi connectivity index (χ0) is 15.0. The molecule has 0 spiro atoms. The maximum absolute atomic E-state index is 12.8. The van der Waals surface area contributed by atoms with Crippen molar-refractivity contribution in [3.05, 3.63) is 35.9 Å². The van der Waals surface area contributed by atoms with Crippen LogP contribution in [0.25, 0.3) is 0 Å². The Labute approximate surface area is 121 Å². The van der Waals surface area contributed by atoms with Crippen molar-refractivity contribution in [1.29, 1.82) is 0 Å². The smallest absolute Gasteiger partial charge is 0.256 e. The lowest BCUT2D eigenvalue weighted by Crippen LogP contribution is -2.45. The molecule has 1 atom stereocenters. The SMILES string of the molecule is CCC(CC)N(CCN)C(=O)C(OC)c1ccccc1. The first-order valence-electron chi connectivity index (χ1n) is 7.27. The molecular weight excluding hydrogens is 252 g/mol. The number of nitrogens with zero attached hydrogens (tertiary/aromatic N) is 1. The van der Waals surface area contributed by atoms with Crippen LogP contribution in [0.3, 0.4) is 0 Å². The van der Waals surface area contributed by atoms with Gasteiger partial charge in [-0.3, -0.25) is 4.79 Å². The molecule has 1 aromatic rings. The average molecular weight is 278 g/mol. The van der Waals surface area contributed by atoms with E-state index in [1.54, 1.807) is 7.11 Å². The molecule has 0 aliphatic heterocycles. The Balaban J connectivity index is 2.96. The fraction of sp³-hybridized carbons (Fsp3) is 0.562. The van der Waals surface area contributed by atoms with E-state index in [0.717, 1.165) is 18.4 Å². The molecule has 0 radical (unpaired) electrons. The largest absolute Gasteiger partial charge is 0.367 e. The lowest BCUT2D eigenvalue weighted by Gasteiger charge is -2.33. The molecule has 0 aromatic heterocycles. The second kappa shape index (κ2) is 8.72. The van der Waals surface area contributed by atoms with E-state index in [9.17, 15) is 4.79 Å². The highest BCUT2D eigenvalue weighted by molar-refractivity contribution is 5.82. The fourth-order valence-corrected chi connectivity index (χ4v) is 2.50. The van der Waals surface area contributed by atoms with E-state index in [-0.39, 0.29) is 11.9 Å².